The van der Waals surface area contributed by atoms with Gasteiger partial charge in [0.2, 0.25) is 0 Å². The molecule has 194 valence electrons. The SMILES string of the molecule is Cc1cc(OC[C@@H](O)CO)cc(C)c1-c1cccc(COc2ccc(Cn3oc(=O)[n-]c3=O)cc2)c1C.[Na+]. The van der Waals surface area contributed by atoms with Gasteiger partial charge in [-0.25, -0.2) is 4.79 Å². The molecule has 0 aliphatic carbocycles. The van der Waals surface area contributed by atoms with E-state index in [4.69, 9.17) is 19.1 Å². The fourth-order valence-electron chi connectivity index (χ4n) is 4.19. The first-order valence-electron chi connectivity index (χ1n) is 11.8. The summed E-state index contributed by atoms with van der Waals surface area (Å²) in [6, 6.07) is 17.2. The Morgan fingerprint density at radius 3 is 2.26 bits per heavy atom. The van der Waals surface area contributed by atoms with Crippen molar-refractivity contribution in [3.05, 3.63) is 103 Å². The number of nitrogens with zero attached hydrogens (tertiary/aromatic N) is 2. The quantitative estimate of drug-likeness (QED) is 0.269. The molecular formula is C28H29N2NaO7. The maximum atomic E-state index is 11.6. The van der Waals surface area contributed by atoms with Crippen molar-refractivity contribution in [2.45, 2.75) is 40.0 Å². The Morgan fingerprint density at radius 1 is 0.974 bits per heavy atom. The topological polar surface area (TPSA) is 125 Å². The predicted octanol–water partition coefficient (Wildman–Crippen LogP) is -0.286. The van der Waals surface area contributed by atoms with Crippen molar-refractivity contribution in [1.82, 2.24) is 9.72 Å². The van der Waals surface area contributed by atoms with Crippen LogP contribution in [0.25, 0.3) is 11.1 Å². The second-order valence-electron chi connectivity index (χ2n) is 8.89. The molecule has 4 rings (SSSR count). The Kier molecular flexibility index (Phi) is 10.2. The molecule has 10 heteroatoms. The number of aliphatic hydroxyl groups excluding tert-OH is 2. The van der Waals surface area contributed by atoms with E-state index in [9.17, 15) is 14.7 Å². The Hall–Kier alpha value is -3.08. The van der Waals surface area contributed by atoms with E-state index >= 15 is 0 Å². The number of ether oxygens (including phenoxy) is 2. The van der Waals surface area contributed by atoms with Crippen molar-refractivity contribution in [2.24, 2.45) is 0 Å². The van der Waals surface area contributed by atoms with Crippen LogP contribution in [0.15, 0.2) is 68.7 Å². The van der Waals surface area contributed by atoms with Gasteiger partial charge in [0, 0.05) is 6.54 Å². The summed E-state index contributed by atoms with van der Waals surface area (Å²) < 4.78 is 17.3. The van der Waals surface area contributed by atoms with E-state index in [1.165, 1.54) is 0 Å². The molecule has 0 aliphatic rings. The third-order valence-electron chi connectivity index (χ3n) is 6.11. The summed E-state index contributed by atoms with van der Waals surface area (Å²) in [6.07, 6.45) is -0.916. The normalized spacial score (nSPS) is 11.6. The van der Waals surface area contributed by atoms with Gasteiger partial charge < -0.3 is 29.2 Å². The molecule has 2 N–H and O–H groups in total. The van der Waals surface area contributed by atoms with Gasteiger partial charge in [0.05, 0.1) is 6.61 Å². The van der Waals surface area contributed by atoms with E-state index in [1.807, 2.05) is 38.1 Å². The monoisotopic (exact) mass is 528 g/mol. The minimum absolute atomic E-state index is 0. The average molecular weight is 529 g/mol. The smallest absolute Gasteiger partial charge is 0.491 e. The first kappa shape index (κ1) is 29.5. The van der Waals surface area contributed by atoms with Crippen LogP contribution in [0, 0.1) is 20.8 Å². The Morgan fingerprint density at radius 2 is 1.66 bits per heavy atom. The number of aliphatic hydroxyl groups is 2. The summed E-state index contributed by atoms with van der Waals surface area (Å²) in [4.78, 5) is 25.8. The summed E-state index contributed by atoms with van der Waals surface area (Å²) in [5, 5.41) is 18.6. The summed E-state index contributed by atoms with van der Waals surface area (Å²) in [7, 11) is 0. The van der Waals surface area contributed by atoms with Crippen LogP contribution < -0.4 is 55.5 Å². The average Bonchev–Trinajstić information content (AvgIpc) is 3.19. The zero-order valence-electron chi connectivity index (χ0n) is 21.9. The zero-order chi connectivity index (χ0) is 26.5. The van der Waals surface area contributed by atoms with Crippen molar-refractivity contribution in [2.75, 3.05) is 13.2 Å². The fourth-order valence-corrected chi connectivity index (χ4v) is 4.19. The van der Waals surface area contributed by atoms with Gasteiger partial charge in [0.15, 0.2) is 5.69 Å². The number of hydrogen-bond acceptors (Lipinski definition) is 7. The van der Waals surface area contributed by atoms with E-state index in [0.29, 0.717) is 18.1 Å². The fraction of sp³-hybridized carbons (Fsp3) is 0.286. The van der Waals surface area contributed by atoms with Crippen LogP contribution in [0.4, 0.5) is 0 Å². The third-order valence-corrected chi connectivity index (χ3v) is 6.11. The van der Waals surface area contributed by atoms with Crippen LogP contribution in [0.3, 0.4) is 0 Å². The number of hydrogen-bond donors (Lipinski definition) is 2. The molecule has 3 aromatic carbocycles. The van der Waals surface area contributed by atoms with Gasteiger partial charge in [-0.1, -0.05) is 30.3 Å². The molecule has 0 bridgehead atoms. The first-order valence-corrected chi connectivity index (χ1v) is 11.8. The third kappa shape index (κ3) is 7.06. The van der Waals surface area contributed by atoms with Gasteiger partial charge in [0.1, 0.15) is 30.8 Å². The van der Waals surface area contributed by atoms with Crippen LogP contribution in [0.2, 0.25) is 0 Å². The van der Waals surface area contributed by atoms with Crippen molar-refractivity contribution >= 4 is 0 Å². The number of aromatic nitrogens is 2. The Bertz CT molecular complexity index is 1470. The van der Waals surface area contributed by atoms with Crippen LogP contribution in [-0.4, -0.2) is 34.3 Å². The van der Waals surface area contributed by atoms with Gasteiger partial charge >= 0.3 is 35.3 Å². The summed E-state index contributed by atoms with van der Waals surface area (Å²) in [6.45, 7) is 6.28. The van der Waals surface area contributed by atoms with Gasteiger partial charge in [-0.2, -0.15) is 0 Å². The van der Waals surface area contributed by atoms with Crippen molar-refractivity contribution in [3.63, 3.8) is 0 Å². The van der Waals surface area contributed by atoms with Gasteiger partial charge in [-0.3, -0.25) is 9.53 Å². The maximum absolute atomic E-state index is 11.6. The van der Waals surface area contributed by atoms with Gasteiger partial charge in [-0.05, 0) is 84.0 Å². The van der Waals surface area contributed by atoms with Crippen molar-refractivity contribution < 1.29 is 53.8 Å². The molecular weight excluding hydrogens is 499 g/mol. The molecule has 4 aromatic rings. The van der Waals surface area contributed by atoms with Crippen molar-refractivity contribution in [1.29, 1.82) is 0 Å². The van der Waals surface area contributed by atoms with E-state index in [2.05, 4.69) is 18.0 Å². The van der Waals surface area contributed by atoms with Crippen LogP contribution >= 0.6 is 0 Å². The maximum Gasteiger partial charge on any atom is 1.00 e. The molecule has 9 nitrogen and oxygen atoms in total. The molecule has 0 saturated heterocycles. The molecule has 38 heavy (non-hydrogen) atoms. The van der Waals surface area contributed by atoms with Gasteiger partial charge in [0.25, 0.3) is 0 Å². The van der Waals surface area contributed by atoms with Gasteiger partial charge in [-0.15, -0.1) is 0 Å². The number of aryl methyl sites for hydroxylation is 2. The van der Waals surface area contributed by atoms with Crippen LogP contribution in [-0.2, 0) is 13.2 Å². The van der Waals surface area contributed by atoms with E-state index in [0.717, 1.165) is 43.7 Å². The molecule has 0 amide bonds. The first-order chi connectivity index (χ1) is 17.7. The molecule has 0 fully saturated rings. The van der Waals surface area contributed by atoms with Crippen LogP contribution in [0.1, 0.15) is 27.8 Å². The number of rotatable bonds is 10. The minimum Gasteiger partial charge on any atom is -0.491 e. The van der Waals surface area contributed by atoms with Crippen LogP contribution in [0.5, 0.6) is 11.5 Å². The standard InChI is InChI=1S/C28H30N2O7.Na/c1-17-11-24(36-16-22(32)14-31)12-18(2)26(17)25-6-4-5-21(19(25)3)15-35-23-9-7-20(8-10-23)13-30-27(33)29-28(34)37-30;/h4-12,22,31-32H,13-16H2,1-3H3,(H,29,33,34);/q;+1/p-1/t22-;/m0./s1. The molecule has 1 heterocycles. The largest absolute Gasteiger partial charge is 1.00 e. The molecule has 1 aromatic heterocycles. The van der Waals surface area contributed by atoms with E-state index in [1.54, 1.807) is 24.3 Å². The predicted molar refractivity (Wildman–Crippen MR) is 137 cm³/mol. The molecule has 1 atom stereocenters. The molecule has 0 unspecified atom stereocenters. The second kappa shape index (κ2) is 13.1. The molecule has 0 aliphatic heterocycles. The van der Waals surface area contributed by atoms with Crippen molar-refractivity contribution in [3.8, 4) is 22.6 Å². The number of benzene rings is 3. The molecule has 0 spiro atoms. The summed E-state index contributed by atoms with van der Waals surface area (Å²) in [5.41, 5.74) is 6.50. The summed E-state index contributed by atoms with van der Waals surface area (Å²) in [5.74, 6) is 0.408. The minimum atomic E-state index is -0.916. The zero-order valence-corrected chi connectivity index (χ0v) is 23.9. The molecule has 0 saturated carbocycles. The van der Waals surface area contributed by atoms with E-state index < -0.39 is 17.5 Å². The van der Waals surface area contributed by atoms with E-state index in [-0.39, 0.29) is 49.3 Å². The Labute approximate surface area is 241 Å². The molecule has 0 radical (unpaired) electrons. The Balaban J connectivity index is 0.00000400. The second-order valence-corrected chi connectivity index (χ2v) is 8.89. The summed E-state index contributed by atoms with van der Waals surface area (Å²) >= 11 is 0.